The lowest BCUT2D eigenvalue weighted by molar-refractivity contribution is 0.275. The molecule has 1 heteroatoms. The Kier molecular flexibility index (Phi) is 4.22. The van der Waals surface area contributed by atoms with E-state index < -0.39 is 0 Å². The lowest BCUT2D eigenvalue weighted by Gasteiger charge is -2.30. The van der Waals surface area contributed by atoms with Crippen LogP contribution in [0.3, 0.4) is 0 Å². The van der Waals surface area contributed by atoms with Crippen LogP contribution < -0.4 is 0 Å². The molecule has 3 aliphatic rings. The maximum atomic E-state index is 4.77. The maximum Gasteiger partial charge on any atom is 0.00220 e. The average molecular weight is 212 g/mol. The molecule has 2 unspecified atom stereocenters. The molecule has 2 atom stereocenters. The molecule has 0 aromatic rings. The first-order chi connectivity index (χ1) is 6.84. The van der Waals surface area contributed by atoms with Crippen LogP contribution in [0.25, 0.3) is 0 Å². The van der Waals surface area contributed by atoms with Gasteiger partial charge in [-0.05, 0) is 24.7 Å². The average Bonchev–Trinajstić information content (AvgIpc) is 2.15. The number of hydrogen-bond donors (Lipinski definition) is 1. The van der Waals surface area contributed by atoms with E-state index in [1.165, 1.54) is 64.2 Å². The molecule has 3 aliphatic carbocycles. The molecule has 0 N–H and O–H groups in total. The third-order valence-corrected chi connectivity index (χ3v) is 4.58. The Morgan fingerprint density at radius 2 is 1.14 bits per heavy atom. The van der Waals surface area contributed by atoms with E-state index in [9.17, 15) is 0 Å². The van der Waals surface area contributed by atoms with Gasteiger partial charge in [-0.3, -0.25) is 0 Å². The van der Waals surface area contributed by atoms with E-state index in [0.717, 1.165) is 11.8 Å². The van der Waals surface area contributed by atoms with Gasteiger partial charge in [-0.2, -0.15) is 12.6 Å². The van der Waals surface area contributed by atoms with Crippen LogP contribution in [0.5, 0.6) is 0 Å². The van der Waals surface area contributed by atoms with Gasteiger partial charge in [-0.25, -0.2) is 0 Å². The Morgan fingerprint density at radius 3 is 1.71 bits per heavy atom. The molecule has 2 bridgehead atoms. The molecule has 0 amide bonds. The van der Waals surface area contributed by atoms with Crippen molar-refractivity contribution in [1.29, 1.82) is 0 Å². The first-order valence-electron chi connectivity index (χ1n) is 6.52. The minimum Gasteiger partial charge on any atom is -0.176 e. The first-order valence-corrected chi connectivity index (χ1v) is 7.04. The van der Waals surface area contributed by atoms with Crippen LogP contribution in [-0.4, -0.2) is 5.25 Å². The summed E-state index contributed by atoms with van der Waals surface area (Å²) in [5.74, 6) is 2.02. The van der Waals surface area contributed by atoms with E-state index >= 15 is 0 Å². The highest BCUT2D eigenvalue weighted by molar-refractivity contribution is 7.80. The topological polar surface area (TPSA) is 0 Å². The quantitative estimate of drug-likeness (QED) is 0.564. The van der Waals surface area contributed by atoms with Gasteiger partial charge in [0.05, 0.1) is 0 Å². The zero-order valence-electron chi connectivity index (χ0n) is 9.25. The van der Waals surface area contributed by atoms with Crippen molar-refractivity contribution < 1.29 is 0 Å². The van der Waals surface area contributed by atoms with Gasteiger partial charge in [-0.15, -0.1) is 0 Å². The molecule has 0 aliphatic heterocycles. The van der Waals surface area contributed by atoms with Gasteiger partial charge in [0.25, 0.3) is 0 Å². The predicted molar refractivity (Wildman–Crippen MR) is 65.9 cm³/mol. The van der Waals surface area contributed by atoms with Gasteiger partial charge in [0, 0.05) is 5.25 Å². The Hall–Kier alpha value is 0.350. The molecule has 3 saturated carbocycles. The van der Waals surface area contributed by atoms with Crippen molar-refractivity contribution in [3.05, 3.63) is 0 Å². The fourth-order valence-corrected chi connectivity index (χ4v) is 3.96. The highest BCUT2D eigenvalue weighted by Crippen LogP contribution is 2.35. The van der Waals surface area contributed by atoms with Crippen LogP contribution in [0, 0.1) is 11.8 Å². The molecule has 0 saturated heterocycles. The molecule has 14 heavy (non-hydrogen) atoms. The molecule has 0 spiro atoms. The van der Waals surface area contributed by atoms with E-state index in [4.69, 9.17) is 12.6 Å². The summed E-state index contributed by atoms with van der Waals surface area (Å²) in [7, 11) is 0. The molecule has 0 nitrogen and oxygen atoms in total. The second-order valence-electron chi connectivity index (χ2n) is 5.43. The van der Waals surface area contributed by atoms with Crippen molar-refractivity contribution in [2.24, 2.45) is 11.8 Å². The van der Waals surface area contributed by atoms with Gasteiger partial charge in [-0.1, -0.05) is 51.4 Å². The molecule has 0 aromatic carbocycles. The SMILES string of the molecule is SC1CC2CCCCCC(CCC2)C1. The highest BCUT2D eigenvalue weighted by Gasteiger charge is 2.22. The normalized spacial score (nSPS) is 40.5. The smallest absolute Gasteiger partial charge is 0.00220 e. The van der Waals surface area contributed by atoms with Crippen LogP contribution >= 0.6 is 12.6 Å². The van der Waals surface area contributed by atoms with E-state index in [-0.39, 0.29) is 0 Å². The fraction of sp³-hybridized carbons (Fsp3) is 1.00. The number of rotatable bonds is 0. The van der Waals surface area contributed by atoms with Gasteiger partial charge in [0.1, 0.15) is 0 Å². The summed E-state index contributed by atoms with van der Waals surface area (Å²) >= 11 is 4.77. The van der Waals surface area contributed by atoms with Crippen molar-refractivity contribution in [2.75, 3.05) is 0 Å². The maximum absolute atomic E-state index is 4.77. The molecule has 0 heterocycles. The number of hydrogen-bond acceptors (Lipinski definition) is 1. The summed E-state index contributed by atoms with van der Waals surface area (Å²) in [6, 6.07) is 0. The Balaban J connectivity index is 1.98. The minimum absolute atomic E-state index is 0.711. The zero-order valence-corrected chi connectivity index (χ0v) is 10.1. The summed E-state index contributed by atoms with van der Waals surface area (Å²) in [4.78, 5) is 0. The second-order valence-corrected chi connectivity index (χ2v) is 6.16. The summed E-state index contributed by atoms with van der Waals surface area (Å²) in [6.45, 7) is 0. The molecule has 0 aromatic heterocycles. The molecule has 3 fully saturated rings. The van der Waals surface area contributed by atoms with Crippen LogP contribution in [0.15, 0.2) is 0 Å². The monoisotopic (exact) mass is 212 g/mol. The Labute approximate surface area is 94.3 Å². The zero-order chi connectivity index (χ0) is 9.80. The second kappa shape index (κ2) is 5.44. The van der Waals surface area contributed by atoms with Gasteiger partial charge < -0.3 is 0 Å². The third kappa shape index (κ3) is 3.18. The predicted octanol–water partition coefficient (Wildman–Crippen LogP) is 4.45. The summed E-state index contributed by atoms with van der Waals surface area (Å²) in [6.07, 6.45) is 14.7. The van der Waals surface area contributed by atoms with E-state index in [0.29, 0.717) is 5.25 Å². The molecular weight excluding hydrogens is 188 g/mol. The first kappa shape index (κ1) is 10.9. The van der Waals surface area contributed by atoms with E-state index in [2.05, 4.69) is 0 Å². The molecule has 3 rings (SSSR count). The van der Waals surface area contributed by atoms with Crippen molar-refractivity contribution in [3.63, 3.8) is 0 Å². The van der Waals surface area contributed by atoms with Crippen molar-refractivity contribution in [1.82, 2.24) is 0 Å². The molecular formula is C13H24S. The lowest BCUT2D eigenvalue weighted by atomic mass is 9.79. The van der Waals surface area contributed by atoms with Crippen molar-refractivity contribution >= 4 is 12.6 Å². The van der Waals surface area contributed by atoms with Crippen LogP contribution in [0.1, 0.15) is 64.2 Å². The Morgan fingerprint density at radius 1 is 0.643 bits per heavy atom. The van der Waals surface area contributed by atoms with Crippen molar-refractivity contribution in [2.45, 2.75) is 69.5 Å². The highest BCUT2D eigenvalue weighted by atomic mass is 32.1. The largest absolute Gasteiger partial charge is 0.176 e. The van der Waals surface area contributed by atoms with Gasteiger partial charge in [0.15, 0.2) is 0 Å². The lowest BCUT2D eigenvalue weighted by Crippen LogP contribution is -2.19. The molecule has 0 radical (unpaired) electrons. The summed E-state index contributed by atoms with van der Waals surface area (Å²) in [5.41, 5.74) is 0. The van der Waals surface area contributed by atoms with Gasteiger partial charge >= 0.3 is 0 Å². The number of thiol groups is 1. The minimum atomic E-state index is 0.711. The molecule has 82 valence electrons. The summed E-state index contributed by atoms with van der Waals surface area (Å²) < 4.78 is 0. The van der Waals surface area contributed by atoms with Crippen molar-refractivity contribution in [3.8, 4) is 0 Å². The van der Waals surface area contributed by atoms with Crippen LogP contribution in [0.4, 0.5) is 0 Å². The number of fused-ring (bicyclic) bond motifs is 8. The fourth-order valence-electron chi connectivity index (χ4n) is 3.36. The van der Waals surface area contributed by atoms with E-state index in [1.54, 1.807) is 0 Å². The standard InChI is InChI=1S/C13H24S/c14-13-9-11-5-2-1-3-6-12(10-13)8-4-7-11/h11-14H,1-10H2. The van der Waals surface area contributed by atoms with Crippen LogP contribution in [0.2, 0.25) is 0 Å². The van der Waals surface area contributed by atoms with Crippen LogP contribution in [-0.2, 0) is 0 Å². The summed E-state index contributed by atoms with van der Waals surface area (Å²) in [5, 5.41) is 0.711. The van der Waals surface area contributed by atoms with Gasteiger partial charge in [0.2, 0.25) is 0 Å². The third-order valence-electron chi connectivity index (χ3n) is 4.16. The Bertz CT molecular complexity index is 147. The van der Waals surface area contributed by atoms with E-state index in [1.807, 2.05) is 0 Å².